The van der Waals surface area contributed by atoms with Crippen LogP contribution in [0.4, 0.5) is 0 Å². The Hall–Kier alpha value is -5.98. The smallest absolute Gasteiger partial charge is 0.143 e. The Morgan fingerprint density at radius 1 is 0.512 bits per heavy atom. The van der Waals surface area contributed by atoms with Gasteiger partial charge in [0.05, 0.1) is 17.3 Å². The van der Waals surface area contributed by atoms with E-state index in [1.54, 1.807) is 6.26 Å². The van der Waals surface area contributed by atoms with Crippen molar-refractivity contribution < 1.29 is 8.83 Å². The molecule has 0 bridgehead atoms. The minimum atomic E-state index is 0.811. The average molecular weight is 550 g/mol. The molecule has 200 valence electrons. The summed E-state index contributed by atoms with van der Waals surface area (Å²) in [6.45, 7) is 0. The van der Waals surface area contributed by atoms with Crippen molar-refractivity contribution in [2.75, 3.05) is 0 Å². The van der Waals surface area contributed by atoms with Crippen molar-refractivity contribution in [3.63, 3.8) is 0 Å². The molecule has 0 fully saturated rings. The molecule has 0 saturated carbocycles. The minimum Gasteiger partial charge on any atom is -0.464 e. The van der Waals surface area contributed by atoms with Gasteiger partial charge in [-0.3, -0.25) is 0 Å². The second kappa shape index (κ2) is 9.27. The Bertz CT molecular complexity index is 2570. The van der Waals surface area contributed by atoms with Gasteiger partial charge >= 0.3 is 0 Å². The fourth-order valence-electron chi connectivity index (χ4n) is 6.34. The molecule has 0 N–H and O–H groups in total. The summed E-state index contributed by atoms with van der Waals surface area (Å²) in [5.74, 6) is 6.98. The number of aromatic nitrogens is 1. The van der Waals surface area contributed by atoms with Crippen LogP contribution < -0.4 is 0 Å². The third kappa shape index (κ3) is 3.71. The zero-order valence-corrected chi connectivity index (χ0v) is 23.0. The number of hydrogen-bond acceptors (Lipinski definition) is 2. The topological polar surface area (TPSA) is 31.2 Å². The van der Waals surface area contributed by atoms with Gasteiger partial charge in [-0.15, -0.1) is 0 Å². The molecular formula is C40H23NO2. The van der Waals surface area contributed by atoms with Crippen LogP contribution in [-0.4, -0.2) is 4.57 Å². The highest BCUT2D eigenvalue weighted by atomic mass is 16.3. The molecule has 3 aromatic heterocycles. The van der Waals surface area contributed by atoms with E-state index < -0.39 is 0 Å². The van der Waals surface area contributed by atoms with Crippen molar-refractivity contribution in [2.24, 2.45) is 0 Å². The van der Waals surface area contributed by atoms with Crippen molar-refractivity contribution in [3.05, 3.63) is 151 Å². The quantitative estimate of drug-likeness (QED) is 0.201. The number of rotatable bonds is 2. The zero-order valence-electron chi connectivity index (χ0n) is 23.0. The summed E-state index contributed by atoms with van der Waals surface area (Å²) in [4.78, 5) is 0. The molecular weight excluding hydrogens is 526 g/mol. The van der Waals surface area contributed by atoms with E-state index in [4.69, 9.17) is 8.83 Å². The van der Waals surface area contributed by atoms with Crippen molar-refractivity contribution in [1.29, 1.82) is 0 Å². The van der Waals surface area contributed by atoms with E-state index >= 15 is 0 Å². The van der Waals surface area contributed by atoms with Gasteiger partial charge in [-0.05, 0) is 60.7 Å². The highest BCUT2D eigenvalue weighted by molar-refractivity contribution is 6.11. The summed E-state index contributed by atoms with van der Waals surface area (Å²) >= 11 is 0. The third-order valence-electron chi connectivity index (χ3n) is 8.32. The maximum absolute atomic E-state index is 6.40. The Morgan fingerprint density at radius 2 is 1.30 bits per heavy atom. The van der Waals surface area contributed by atoms with E-state index in [1.807, 2.05) is 36.4 Å². The second-order valence-corrected chi connectivity index (χ2v) is 10.8. The van der Waals surface area contributed by atoms with Crippen molar-refractivity contribution >= 4 is 54.7 Å². The van der Waals surface area contributed by atoms with E-state index in [0.717, 1.165) is 66.4 Å². The fraction of sp³-hybridized carbons (Fsp3) is 0. The van der Waals surface area contributed by atoms with Gasteiger partial charge in [0.1, 0.15) is 16.7 Å². The molecule has 0 unspecified atom stereocenters. The van der Waals surface area contributed by atoms with Gasteiger partial charge in [-0.25, -0.2) is 0 Å². The maximum Gasteiger partial charge on any atom is 0.143 e. The third-order valence-corrected chi connectivity index (χ3v) is 8.32. The van der Waals surface area contributed by atoms with E-state index in [9.17, 15) is 0 Å². The number of furan rings is 2. The van der Waals surface area contributed by atoms with Crippen molar-refractivity contribution in [3.8, 4) is 28.7 Å². The number of para-hydroxylation sites is 4. The Kier molecular flexibility index (Phi) is 5.11. The summed E-state index contributed by atoms with van der Waals surface area (Å²) < 4.78 is 14.5. The number of benzene rings is 6. The molecule has 0 radical (unpaired) electrons. The molecule has 0 atom stereocenters. The Balaban J connectivity index is 1.23. The van der Waals surface area contributed by atoms with Crippen LogP contribution in [0.1, 0.15) is 11.1 Å². The minimum absolute atomic E-state index is 0.811. The van der Waals surface area contributed by atoms with Crippen LogP contribution in [0.2, 0.25) is 0 Å². The van der Waals surface area contributed by atoms with Gasteiger partial charge in [-0.2, -0.15) is 0 Å². The number of nitrogens with zero attached hydrogens (tertiary/aromatic N) is 1. The SMILES string of the molecule is C(#Cc1cc2occc2cc1-c1cccc2c1oc1ccccc12)c1ccc2c(c1)c1ccccc1n2-c1ccccc1. The van der Waals surface area contributed by atoms with Crippen LogP contribution in [0.5, 0.6) is 0 Å². The largest absolute Gasteiger partial charge is 0.464 e. The van der Waals surface area contributed by atoms with Crippen LogP contribution >= 0.6 is 0 Å². The molecule has 0 amide bonds. The molecule has 9 rings (SSSR count). The predicted octanol–water partition coefficient (Wildman–Crippen LogP) is 10.5. The number of hydrogen-bond donors (Lipinski definition) is 0. The van der Waals surface area contributed by atoms with Gasteiger partial charge in [0.15, 0.2) is 0 Å². The van der Waals surface area contributed by atoms with Gasteiger partial charge in [0.2, 0.25) is 0 Å². The first-order chi connectivity index (χ1) is 21.3. The predicted molar refractivity (Wildman–Crippen MR) is 176 cm³/mol. The lowest BCUT2D eigenvalue weighted by Gasteiger charge is -2.07. The highest BCUT2D eigenvalue weighted by Gasteiger charge is 2.16. The van der Waals surface area contributed by atoms with Gasteiger partial charge in [0, 0.05) is 54.9 Å². The van der Waals surface area contributed by atoms with Crippen LogP contribution in [0.15, 0.2) is 149 Å². The number of fused-ring (bicyclic) bond motifs is 7. The molecule has 3 nitrogen and oxygen atoms in total. The van der Waals surface area contributed by atoms with Crippen LogP contribution in [0, 0.1) is 11.8 Å². The average Bonchev–Trinajstić information content (AvgIpc) is 3.77. The maximum atomic E-state index is 6.40. The molecule has 3 heterocycles. The van der Waals surface area contributed by atoms with Crippen molar-refractivity contribution in [2.45, 2.75) is 0 Å². The summed E-state index contributed by atoms with van der Waals surface area (Å²) in [6.07, 6.45) is 1.73. The molecule has 9 aromatic rings. The van der Waals surface area contributed by atoms with E-state index in [-0.39, 0.29) is 0 Å². The molecule has 0 aliphatic heterocycles. The molecule has 6 aromatic carbocycles. The van der Waals surface area contributed by atoms with E-state index in [1.165, 1.54) is 16.3 Å². The normalized spacial score (nSPS) is 11.5. The van der Waals surface area contributed by atoms with Crippen LogP contribution in [-0.2, 0) is 0 Å². The fourth-order valence-corrected chi connectivity index (χ4v) is 6.34. The second-order valence-electron chi connectivity index (χ2n) is 10.8. The highest BCUT2D eigenvalue weighted by Crippen LogP contribution is 2.38. The standard InChI is InChI=1S/C40H23NO2/c1-2-9-29(10-3-1)41-36-15-6-4-11-30(36)35-23-26(18-20-37(35)41)17-19-27-25-39-28(21-22-42-39)24-34(27)33-14-8-13-32-31-12-5-7-16-38(31)43-40(32)33/h1-16,18,20-25H. The van der Waals surface area contributed by atoms with E-state index in [2.05, 4.69) is 113 Å². The molecule has 0 aliphatic carbocycles. The lowest BCUT2D eigenvalue weighted by atomic mass is 9.96. The lowest BCUT2D eigenvalue weighted by molar-refractivity contribution is 0.616. The zero-order chi connectivity index (χ0) is 28.3. The molecule has 0 aliphatic rings. The Labute approximate surface area is 247 Å². The van der Waals surface area contributed by atoms with Crippen LogP contribution in [0.25, 0.3) is 71.5 Å². The van der Waals surface area contributed by atoms with E-state index in [0.29, 0.717) is 0 Å². The first-order valence-electron chi connectivity index (χ1n) is 14.3. The van der Waals surface area contributed by atoms with Gasteiger partial charge < -0.3 is 13.4 Å². The Morgan fingerprint density at radius 3 is 2.23 bits per heavy atom. The van der Waals surface area contributed by atoms with Gasteiger partial charge in [-0.1, -0.05) is 84.6 Å². The molecule has 0 spiro atoms. The van der Waals surface area contributed by atoms with Crippen molar-refractivity contribution in [1.82, 2.24) is 4.57 Å². The first kappa shape index (κ1) is 23.7. The first-order valence-corrected chi connectivity index (χ1v) is 14.3. The summed E-state index contributed by atoms with van der Waals surface area (Å²) in [6, 6.07) is 46.2. The van der Waals surface area contributed by atoms with Crippen LogP contribution in [0.3, 0.4) is 0 Å². The molecule has 3 heteroatoms. The summed E-state index contributed by atoms with van der Waals surface area (Å²) in [5, 5.41) is 5.63. The monoisotopic (exact) mass is 549 g/mol. The van der Waals surface area contributed by atoms with Gasteiger partial charge in [0.25, 0.3) is 0 Å². The summed E-state index contributed by atoms with van der Waals surface area (Å²) in [7, 11) is 0. The lowest BCUT2D eigenvalue weighted by Crippen LogP contribution is -1.92. The molecule has 0 saturated heterocycles. The summed E-state index contributed by atoms with van der Waals surface area (Å²) in [5.41, 5.74) is 9.92. The molecule has 43 heavy (non-hydrogen) atoms.